The van der Waals surface area contributed by atoms with Gasteiger partial charge in [0.15, 0.2) is 0 Å². The van der Waals surface area contributed by atoms with Crippen molar-refractivity contribution in [1.82, 2.24) is 10.2 Å². The van der Waals surface area contributed by atoms with Crippen molar-refractivity contribution >= 4 is 10.1 Å². The molecule has 0 aromatic carbocycles. The van der Waals surface area contributed by atoms with Gasteiger partial charge in [0.2, 0.25) is 0 Å². The van der Waals surface area contributed by atoms with E-state index >= 15 is 0 Å². The largest absolute Gasteiger partial charge is 0.396 e. The predicted molar refractivity (Wildman–Crippen MR) is 60.7 cm³/mol. The van der Waals surface area contributed by atoms with E-state index in [1.54, 1.807) is 11.8 Å². The molecule has 0 amide bonds. The third kappa shape index (κ3) is 3.67. The van der Waals surface area contributed by atoms with Gasteiger partial charge in [-0.25, -0.2) is 0 Å². The van der Waals surface area contributed by atoms with Crippen molar-refractivity contribution in [3.05, 3.63) is 0 Å². The molecular formula is C9H20N2O4S. The fraction of sp³-hybridized carbons (Fsp3) is 1.00. The van der Waals surface area contributed by atoms with E-state index in [0.717, 1.165) is 0 Å². The molecule has 1 aliphatic rings. The molecule has 1 aliphatic heterocycles. The molecule has 0 aromatic heterocycles. The topological polar surface area (TPSA) is 89.9 Å². The maximum atomic E-state index is 11.2. The fourth-order valence-corrected chi connectivity index (χ4v) is 3.11. The van der Waals surface area contributed by atoms with Crippen LogP contribution in [0.4, 0.5) is 0 Å². The second kappa shape index (κ2) is 5.92. The van der Waals surface area contributed by atoms with E-state index in [4.69, 9.17) is 9.66 Å². The standard InChI is InChI=1S/C9H20N2O4S/c1-2-9(16(13,14)15)11-5-4-10-8(7-11)3-6-12/h8-10,12H,2-7H2,1H3,(H,13,14,15). The van der Waals surface area contributed by atoms with Crippen LogP contribution in [0, 0.1) is 0 Å². The van der Waals surface area contributed by atoms with Crippen molar-refractivity contribution in [1.29, 1.82) is 0 Å². The van der Waals surface area contributed by atoms with Gasteiger partial charge in [-0.3, -0.25) is 9.45 Å². The van der Waals surface area contributed by atoms with E-state index in [1.165, 1.54) is 0 Å². The molecule has 0 aliphatic carbocycles. The molecule has 2 atom stereocenters. The summed E-state index contributed by atoms with van der Waals surface area (Å²) in [6.45, 7) is 3.63. The van der Waals surface area contributed by atoms with Crippen molar-refractivity contribution in [2.45, 2.75) is 31.2 Å². The van der Waals surface area contributed by atoms with Gasteiger partial charge < -0.3 is 10.4 Å². The highest BCUT2D eigenvalue weighted by atomic mass is 32.2. The molecule has 1 rings (SSSR count). The molecule has 1 saturated heterocycles. The Morgan fingerprint density at radius 1 is 1.56 bits per heavy atom. The van der Waals surface area contributed by atoms with Gasteiger partial charge in [0.1, 0.15) is 5.37 Å². The van der Waals surface area contributed by atoms with Gasteiger partial charge >= 0.3 is 0 Å². The molecule has 7 heteroatoms. The first-order valence-electron chi connectivity index (χ1n) is 5.53. The molecule has 1 heterocycles. The first-order valence-corrected chi connectivity index (χ1v) is 7.04. The number of piperazine rings is 1. The Morgan fingerprint density at radius 2 is 2.25 bits per heavy atom. The van der Waals surface area contributed by atoms with E-state index in [9.17, 15) is 8.42 Å². The molecule has 3 N–H and O–H groups in total. The Morgan fingerprint density at radius 3 is 2.75 bits per heavy atom. The van der Waals surface area contributed by atoms with E-state index < -0.39 is 15.5 Å². The van der Waals surface area contributed by atoms with Crippen LogP contribution < -0.4 is 5.32 Å². The highest BCUT2D eigenvalue weighted by molar-refractivity contribution is 7.86. The van der Waals surface area contributed by atoms with E-state index in [-0.39, 0.29) is 12.6 Å². The second-order valence-electron chi connectivity index (χ2n) is 4.04. The van der Waals surface area contributed by atoms with Crippen LogP contribution in [0.3, 0.4) is 0 Å². The molecule has 0 spiro atoms. The number of nitrogens with zero attached hydrogens (tertiary/aromatic N) is 1. The summed E-state index contributed by atoms with van der Waals surface area (Å²) in [5, 5.41) is 11.2. The highest BCUT2D eigenvalue weighted by Crippen LogP contribution is 2.14. The summed E-state index contributed by atoms with van der Waals surface area (Å²) in [5.74, 6) is 0. The SMILES string of the molecule is CCC(N1CCNC(CCO)C1)S(=O)(=O)O. The summed E-state index contributed by atoms with van der Waals surface area (Å²) in [7, 11) is -4.02. The number of nitrogens with one attached hydrogen (secondary N) is 1. The maximum absolute atomic E-state index is 11.2. The zero-order valence-corrected chi connectivity index (χ0v) is 10.3. The zero-order valence-electron chi connectivity index (χ0n) is 9.46. The summed E-state index contributed by atoms with van der Waals surface area (Å²) >= 11 is 0. The Labute approximate surface area is 96.4 Å². The Balaban J connectivity index is 2.64. The van der Waals surface area contributed by atoms with Crippen LogP contribution in [0.1, 0.15) is 19.8 Å². The molecule has 6 nitrogen and oxygen atoms in total. The third-order valence-electron chi connectivity index (χ3n) is 2.86. The quantitative estimate of drug-likeness (QED) is 0.559. The molecule has 0 radical (unpaired) electrons. The van der Waals surface area contributed by atoms with Gasteiger partial charge in [-0.05, 0) is 12.8 Å². The van der Waals surface area contributed by atoms with Gasteiger partial charge in [0, 0.05) is 32.3 Å². The van der Waals surface area contributed by atoms with Gasteiger partial charge in [0.05, 0.1) is 0 Å². The van der Waals surface area contributed by atoms with E-state index in [2.05, 4.69) is 5.32 Å². The fourth-order valence-electron chi connectivity index (χ4n) is 2.12. The van der Waals surface area contributed by atoms with Gasteiger partial charge in [-0.1, -0.05) is 6.92 Å². The average molecular weight is 252 g/mol. The highest BCUT2D eigenvalue weighted by Gasteiger charge is 2.31. The normalized spacial score (nSPS) is 25.6. The predicted octanol–water partition coefficient (Wildman–Crippen LogP) is -0.733. The van der Waals surface area contributed by atoms with Gasteiger partial charge in [-0.2, -0.15) is 8.42 Å². The van der Waals surface area contributed by atoms with Crippen LogP contribution in [0.15, 0.2) is 0 Å². The molecule has 1 fully saturated rings. The lowest BCUT2D eigenvalue weighted by atomic mass is 10.1. The van der Waals surface area contributed by atoms with Crippen molar-refractivity contribution in [3.63, 3.8) is 0 Å². The van der Waals surface area contributed by atoms with Gasteiger partial charge in [0.25, 0.3) is 10.1 Å². The number of aliphatic hydroxyl groups excluding tert-OH is 1. The maximum Gasteiger partial charge on any atom is 0.281 e. The molecule has 0 saturated carbocycles. The minimum Gasteiger partial charge on any atom is -0.396 e. The summed E-state index contributed by atoms with van der Waals surface area (Å²) in [6.07, 6.45) is 0.961. The first-order chi connectivity index (χ1) is 7.49. The van der Waals surface area contributed by atoms with Crippen molar-refractivity contribution in [2.75, 3.05) is 26.2 Å². The molecule has 16 heavy (non-hydrogen) atoms. The van der Waals surface area contributed by atoms with Gasteiger partial charge in [-0.15, -0.1) is 0 Å². The summed E-state index contributed by atoms with van der Waals surface area (Å²) in [6, 6.07) is 0.0922. The zero-order chi connectivity index (χ0) is 12.2. The summed E-state index contributed by atoms with van der Waals surface area (Å²) < 4.78 is 31.4. The van der Waals surface area contributed by atoms with Crippen molar-refractivity contribution in [3.8, 4) is 0 Å². The van der Waals surface area contributed by atoms with E-state index in [1.807, 2.05) is 0 Å². The smallest absolute Gasteiger partial charge is 0.281 e. The van der Waals surface area contributed by atoms with Crippen molar-refractivity contribution in [2.24, 2.45) is 0 Å². The number of hydrogen-bond donors (Lipinski definition) is 3. The number of aliphatic hydroxyl groups is 1. The molecule has 0 aromatic rings. The molecule has 0 bridgehead atoms. The number of hydrogen-bond acceptors (Lipinski definition) is 5. The second-order valence-corrected chi connectivity index (χ2v) is 5.61. The average Bonchev–Trinajstić information content (AvgIpc) is 2.17. The Bertz CT molecular complexity index is 305. The lowest BCUT2D eigenvalue weighted by Crippen LogP contribution is -2.55. The van der Waals surface area contributed by atoms with Crippen LogP contribution in [0.5, 0.6) is 0 Å². The van der Waals surface area contributed by atoms with Crippen LogP contribution in [-0.2, 0) is 10.1 Å². The monoisotopic (exact) mass is 252 g/mol. The van der Waals surface area contributed by atoms with Crippen LogP contribution in [0.2, 0.25) is 0 Å². The van der Waals surface area contributed by atoms with E-state index in [0.29, 0.717) is 32.5 Å². The van der Waals surface area contributed by atoms with Crippen LogP contribution >= 0.6 is 0 Å². The third-order valence-corrected chi connectivity index (χ3v) is 4.18. The lowest BCUT2D eigenvalue weighted by molar-refractivity contribution is 0.153. The van der Waals surface area contributed by atoms with Crippen molar-refractivity contribution < 1.29 is 18.1 Å². The molecule has 2 unspecified atom stereocenters. The van der Waals surface area contributed by atoms with Crippen LogP contribution in [0.25, 0.3) is 0 Å². The van der Waals surface area contributed by atoms with Crippen LogP contribution in [-0.4, -0.2) is 60.6 Å². The number of rotatable bonds is 5. The Kier molecular flexibility index (Phi) is 5.13. The summed E-state index contributed by atoms with van der Waals surface area (Å²) in [5.41, 5.74) is 0. The molecular weight excluding hydrogens is 232 g/mol. The first kappa shape index (κ1) is 13.9. The summed E-state index contributed by atoms with van der Waals surface area (Å²) in [4.78, 5) is 1.76. The minimum atomic E-state index is -4.02. The minimum absolute atomic E-state index is 0.0776. The Hall–Kier alpha value is -0.210. The lowest BCUT2D eigenvalue weighted by Gasteiger charge is -2.36. The molecule has 96 valence electrons.